The molecule has 0 radical (unpaired) electrons. The number of hydrogen-bond acceptors (Lipinski definition) is 25. The number of hydrogen-bond donors (Lipinski definition) is 26. The first-order valence-corrected chi connectivity index (χ1v) is 40.6. The molecule has 1 unspecified atom stereocenters. The van der Waals surface area contributed by atoms with Gasteiger partial charge in [-0.1, -0.05) is 76.8 Å². The number of imidazole rings is 1. The summed E-state index contributed by atoms with van der Waals surface area (Å²) in [6.07, 6.45) is 1.20. The standard InChI is InChI=1S/C76H122N24O23/c1-4-5-6-7-11-21-59(106)86-37-52(97-71(118)53(38-101)88-60(107)35-78)70(117)95-50(33-42-16-9-8-10-17-42)68(115)90-44(18-12-13-30-77)63(110)98-54(39-102)74(121)100-32-15-20-55(100)72(119)92-48(25-29-61(108)109)66(113)96-51(34-43-36-84-40-87-43)69(116)91-46(22-26-56(79)103)64(111)89-45(19-14-31-85-76(82)83)67(114)99-62(41(2)3)73(120)93-47(23-27-57(80)104)65(112)94-49(75(122)123)24-28-58(81)105/h8-10,16-17,36,40-41,44-55,62,101-102H,4-7,11-15,18-35,37-39,77-78H2,1-3H3,(H2,79,103)(H2,80,104)(H2,81,105)(H,84,87)(H,86,106)(H,88,107)(H,89,111)(H,90,115)(H,91,116)(H,92,119)(H,93,120)(H,94,112)(H,95,117)(H,96,113)(H,97,118)(H,98,110)(H,99,114)(H,108,109)(H,122,123)(H4,82,83,85)/t44-,45-,46-,47-,48-,49-,50-,51-,52?,53-,54-,55-,62-/m0/s1. The Labute approximate surface area is 709 Å². The maximum atomic E-state index is 14.7. The van der Waals surface area contributed by atoms with Crippen LogP contribution in [0.5, 0.6) is 0 Å². The number of nitrogens with two attached hydrogens (primary N) is 6. The summed E-state index contributed by atoms with van der Waals surface area (Å²) in [4.78, 5) is 265. The third-order valence-corrected chi connectivity index (χ3v) is 19.5. The number of aliphatic carboxylic acids is 2. The molecule has 2 aromatic rings. The first kappa shape index (κ1) is 105. The van der Waals surface area contributed by atoms with Gasteiger partial charge in [-0.25, -0.2) is 9.78 Å². The molecular formula is C76H122N24O23. The molecule has 0 aliphatic carbocycles. The van der Waals surface area contributed by atoms with E-state index in [1.54, 1.807) is 30.3 Å². The minimum absolute atomic E-state index is 0.0424. The molecule has 47 heteroatoms. The fourth-order valence-electron chi connectivity index (χ4n) is 12.7. The van der Waals surface area contributed by atoms with Gasteiger partial charge in [0.05, 0.1) is 26.1 Å². The molecule has 3 rings (SSSR count). The van der Waals surface area contributed by atoms with Crippen molar-refractivity contribution < 1.29 is 112 Å². The topological polar surface area (TPSA) is 786 Å². The van der Waals surface area contributed by atoms with Gasteiger partial charge >= 0.3 is 11.9 Å². The van der Waals surface area contributed by atoms with Gasteiger partial charge < -0.3 is 139 Å². The lowest BCUT2D eigenvalue weighted by Gasteiger charge is -2.30. The summed E-state index contributed by atoms with van der Waals surface area (Å²) >= 11 is 0. The average molecular weight is 1740 g/mol. The number of nitrogens with one attached hydrogen (secondary N) is 16. The Morgan fingerprint density at radius 3 is 1.46 bits per heavy atom. The lowest BCUT2D eigenvalue weighted by Crippen LogP contribution is -2.62. The molecule has 17 amide bonds. The maximum Gasteiger partial charge on any atom is 0.326 e. The second-order valence-corrected chi connectivity index (χ2v) is 29.7. The molecule has 684 valence electrons. The lowest BCUT2D eigenvalue weighted by molar-refractivity contribution is -0.143. The van der Waals surface area contributed by atoms with Gasteiger partial charge in [0.15, 0.2) is 5.96 Å². The predicted octanol–water partition coefficient (Wildman–Crippen LogP) is -8.78. The van der Waals surface area contributed by atoms with Crippen LogP contribution >= 0.6 is 0 Å². The van der Waals surface area contributed by atoms with E-state index >= 15 is 0 Å². The van der Waals surface area contributed by atoms with Crippen LogP contribution in [0.3, 0.4) is 0 Å². The number of primary amides is 3. The Balaban J connectivity index is 1.99. The molecule has 1 aliphatic rings. The van der Waals surface area contributed by atoms with Gasteiger partial charge in [-0.3, -0.25) is 91.7 Å². The van der Waals surface area contributed by atoms with Crippen LogP contribution in [0.1, 0.15) is 167 Å². The summed E-state index contributed by atoms with van der Waals surface area (Å²) in [5, 5.41) is 82.4. The van der Waals surface area contributed by atoms with E-state index in [0.29, 0.717) is 18.4 Å². The molecule has 0 spiro atoms. The molecule has 2 heterocycles. The minimum Gasteiger partial charge on any atom is -0.481 e. The fraction of sp³-hybridized carbons (Fsp3) is 0.618. The largest absolute Gasteiger partial charge is 0.481 e. The summed E-state index contributed by atoms with van der Waals surface area (Å²) < 4.78 is 0. The predicted molar refractivity (Wildman–Crippen MR) is 437 cm³/mol. The van der Waals surface area contributed by atoms with E-state index in [1.165, 1.54) is 26.4 Å². The van der Waals surface area contributed by atoms with Crippen molar-refractivity contribution in [1.29, 1.82) is 5.41 Å². The number of aromatic nitrogens is 2. The summed E-state index contributed by atoms with van der Waals surface area (Å²) in [6.45, 7) is 1.66. The van der Waals surface area contributed by atoms with Crippen molar-refractivity contribution in [3.05, 3.63) is 54.1 Å². The number of guanidine groups is 1. The van der Waals surface area contributed by atoms with Crippen LogP contribution in [-0.2, 0) is 104 Å². The number of carboxylic acids is 2. The minimum atomic E-state index is -1.85. The second-order valence-electron chi connectivity index (χ2n) is 29.7. The van der Waals surface area contributed by atoms with Gasteiger partial charge in [0.1, 0.15) is 78.5 Å². The number of carbonyl (C=O) groups excluding carboxylic acids is 17. The van der Waals surface area contributed by atoms with Crippen molar-refractivity contribution in [3.63, 3.8) is 0 Å². The highest BCUT2D eigenvalue weighted by atomic mass is 16.4. The number of carbonyl (C=O) groups is 19. The molecule has 1 saturated heterocycles. The zero-order valence-corrected chi connectivity index (χ0v) is 69.2. The van der Waals surface area contributed by atoms with E-state index in [9.17, 15) is 112 Å². The maximum absolute atomic E-state index is 14.7. The molecule has 0 bridgehead atoms. The van der Waals surface area contributed by atoms with Crippen LogP contribution in [-0.4, -0.2) is 278 Å². The highest BCUT2D eigenvalue weighted by Gasteiger charge is 2.42. The summed E-state index contributed by atoms with van der Waals surface area (Å²) in [7, 11) is 0. The van der Waals surface area contributed by atoms with Gasteiger partial charge in [-0.2, -0.15) is 0 Å². The summed E-state index contributed by atoms with van der Waals surface area (Å²) in [5.41, 5.74) is 33.4. The third kappa shape index (κ3) is 39.7. The van der Waals surface area contributed by atoms with E-state index in [2.05, 4.69) is 84.4 Å². The first-order chi connectivity index (χ1) is 58.4. The van der Waals surface area contributed by atoms with Crippen LogP contribution in [0.15, 0.2) is 42.9 Å². The third-order valence-electron chi connectivity index (χ3n) is 19.5. The Hall–Kier alpha value is -12.5. The number of rotatable bonds is 61. The van der Waals surface area contributed by atoms with Gasteiger partial charge in [-0.15, -0.1) is 0 Å². The number of unbranched alkanes of at least 4 members (excludes halogenated alkanes) is 5. The Bertz CT molecular complexity index is 3900. The average Bonchev–Trinajstić information content (AvgIpc) is 1.73. The Morgan fingerprint density at radius 2 is 0.951 bits per heavy atom. The van der Waals surface area contributed by atoms with Crippen molar-refractivity contribution in [2.24, 2.45) is 40.3 Å². The molecule has 1 fully saturated rings. The lowest BCUT2D eigenvalue weighted by atomic mass is 10.0. The van der Waals surface area contributed by atoms with Crippen LogP contribution in [0.2, 0.25) is 0 Å². The molecule has 123 heavy (non-hydrogen) atoms. The fourth-order valence-corrected chi connectivity index (χ4v) is 12.7. The monoisotopic (exact) mass is 1740 g/mol. The number of benzene rings is 1. The molecular weight excluding hydrogens is 1620 g/mol. The molecule has 1 aliphatic heterocycles. The van der Waals surface area contributed by atoms with E-state index in [-0.39, 0.29) is 76.7 Å². The van der Waals surface area contributed by atoms with Crippen LogP contribution in [0.25, 0.3) is 0 Å². The van der Waals surface area contributed by atoms with Crippen LogP contribution < -0.4 is 109 Å². The van der Waals surface area contributed by atoms with E-state index in [0.717, 1.165) is 30.6 Å². The summed E-state index contributed by atoms with van der Waals surface area (Å²) in [5.74, 6) is -21.6. The van der Waals surface area contributed by atoms with Crippen molar-refractivity contribution in [1.82, 2.24) is 89.3 Å². The second kappa shape index (κ2) is 56.1. The zero-order chi connectivity index (χ0) is 91.8. The number of carboxylic acid groups (broad SMARTS) is 2. The molecule has 1 aromatic heterocycles. The number of H-pyrrole nitrogens is 1. The van der Waals surface area contributed by atoms with Crippen LogP contribution in [0, 0.1) is 11.3 Å². The molecule has 1 aromatic carbocycles. The molecule has 13 atom stereocenters. The number of aliphatic hydroxyl groups excluding tert-OH is 2. The first-order valence-electron chi connectivity index (χ1n) is 40.6. The highest BCUT2D eigenvalue weighted by Crippen LogP contribution is 2.21. The van der Waals surface area contributed by atoms with E-state index < -0.39 is 287 Å². The van der Waals surface area contributed by atoms with Crippen molar-refractivity contribution >= 4 is 118 Å². The van der Waals surface area contributed by atoms with Crippen LogP contribution in [0.4, 0.5) is 0 Å². The van der Waals surface area contributed by atoms with E-state index in [1.807, 2.05) is 6.92 Å². The zero-order valence-electron chi connectivity index (χ0n) is 69.2. The molecule has 32 N–H and O–H groups in total. The van der Waals surface area contributed by atoms with Crippen molar-refractivity contribution in [3.8, 4) is 0 Å². The van der Waals surface area contributed by atoms with Gasteiger partial charge in [0.2, 0.25) is 100 Å². The number of likely N-dealkylation sites (tertiary alicyclic amines) is 1. The Morgan fingerprint density at radius 1 is 0.488 bits per heavy atom. The smallest absolute Gasteiger partial charge is 0.326 e. The SMILES string of the molecule is CCCCCCCC(=O)NCC(NC(=O)[C@H](CO)NC(=O)CN)C(=O)N[C@@H](Cc1ccccc1)C(=O)N[C@@H](CCCCN)C(=O)N[C@@H](CO)C(=O)N1CCC[C@H]1C(=O)N[C@@H](CCC(=O)O)C(=O)N[C@@H](Cc1cnc[nH]1)C(=O)N[C@@H](CCC(N)=O)C(=O)N[C@@H](CCCNC(=N)N)C(=O)N[C@H](C(=O)N[C@@H](CCC(N)=O)C(=O)N[C@@H](CCC(N)=O)C(=O)O)C(C)C. The highest BCUT2D eigenvalue weighted by molar-refractivity contribution is 6.01. The van der Waals surface area contributed by atoms with Gasteiger partial charge in [-0.05, 0) is 95.1 Å². The summed E-state index contributed by atoms with van der Waals surface area (Å²) in [6, 6.07) is -13.6. The number of amides is 17. The van der Waals surface area contributed by atoms with Crippen molar-refractivity contribution in [2.75, 3.05) is 45.9 Å². The number of aliphatic hydroxyl groups is 2. The van der Waals surface area contributed by atoms with Crippen molar-refractivity contribution in [2.45, 2.75) is 247 Å². The van der Waals surface area contributed by atoms with Gasteiger partial charge in [0.25, 0.3) is 0 Å². The normalized spacial score (nSPS) is 15.2. The van der Waals surface area contributed by atoms with Gasteiger partial charge in [0, 0.05) is 76.5 Å². The molecule has 0 saturated carbocycles. The van der Waals surface area contributed by atoms with E-state index in [4.69, 9.17) is 39.8 Å². The number of nitrogens with zero attached hydrogens (tertiary/aromatic N) is 2. The number of aromatic amines is 1. The Kier molecular flexibility index (Phi) is 47.8. The quantitative estimate of drug-likeness (QED) is 0.0166. The molecule has 47 nitrogen and oxygen atoms in total.